The molecule has 0 radical (unpaired) electrons. The Bertz CT molecular complexity index is 1150. The van der Waals surface area contributed by atoms with Crippen LogP contribution in [0.5, 0.6) is 0 Å². The second-order valence-corrected chi connectivity index (χ2v) is 8.70. The van der Waals surface area contributed by atoms with E-state index >= 15 is 0 Å². The molecule has 1 amide bonds. The van der Waals surface area contributed by atoms with E-state index in [1.54, 1.807) is 4.90 Å². The minimum Gasteiger partial charge on any atom is -0.481 e. The number of hydrogen-bond acceptors (Lipinski definition) is 4. The summed E-state index contributed by atoms with van der Waals surface area (Å²) in [7, 11) is 0. The summed E-state index contributed by atoms with van der Waals surface area (Å²) in [6, 6.07) is 16.4. The summed E-state index contributed by atoms with van der Waals surface area (Å²) in [5.41, 5.74) is 6.59. The van der Waals surface area contributed by atoms with Crippen LogP contribution in [-0.2, 0) is 16.0 Å². The van der Waals surface area contributed by atoms with E-state index in [0.717, 1.165) is 47.5 Å². The van der Waals surface area contributed by atoms with Crippen LogP contribution in [0.3, 0.4) is 0 Å². The van der Waals surface area contributed by atoms with Gasteiger partial charge >= 0.3 is 5.97 Å². The predicted octanol–water partition coefficient (Wildman–Crippen LogP) is 5.35. The summed E-state index contributed by atoms with van der Waals surface area (Å²) in [4.78, 5) is 35.1. The molecule has 1 aliphatic rings. The van der Waals surface area contributed by atoms with E-state index in [2.05, 4.69) is 50.2 Å². The number of carboxylic acid groups (broad SMARTS) is 1. The molecule has 0 aliphatic carbocycles. The molecule has 6 heteroatoms. The first kappa shape index (κ1) is 22.6. The number of aryl methyl sites for hydroxylation is 2. The lowest BCUT2D eigenvalue weighted by Crippen LogP contribution is -2.28. The average Bonchev–Trinajstić information content (AvgIpc) is 3.10. The Labute approximate surface area is 194 Å². The van der Waals surface area contributed by atoms with Crippen molar-refractivity contribution in [2.24, 2.45) is 0 Å². The molecule has 6 nitrogen and oxygen atoms in total. The van der Waals surface area contributed by atoms with Gasteiger partial charge in [-0.25, -0.2) is 9.97 Å². The van der Waals surface area contributed by atoms with Crippen LogP contribution in [0.25, 0.3) is 22.5 Å². The zero-order valence-electron chi connectivity index (χ0n) is 19.2. The molecule has 0 unspecified atom stereocenters. The van der Waals surface area contributed by atoms with Crippen LogP contribution in [0.2, 0.25) is 0 Å². The van der Waals surface area contributed by atoms with Crippen molar-refractivity contribution in [2.45, 2.75) is 52.4 Å². The molecular formula is C27H29N3O3. The molecule has 0 saturated heterocycles. The van der Waals surface area contributed by atoms with Crippen LogP contribution in [0, 0.1) is 13.8 Å². The monoisotopic (exact) mass is 443 g/mol. The number of carbonyl (C=O) groups excluding carboxylic acids is 1. The van der Waals surface area contributed by atoms with Crippen LogP contribution >= 0.6 is 0 Å². The van der Waals surface area contributed by atoms with E-state index in [4.69, 9.17) is 15.1 Å². The van der Waals surface area contributed by atoms with Crippen LogP contribution < -0.4 is 4.90 Å². The van der Waals surface area contributed by atoms with E-state index in [1.807, 2.05) is 12.1 Å². The van der Waals surface area contributed by atoms with Gasteiger partial charge < -0.3 is 5.11 Å². The minimum absolute atomic E-state index is 0.0199. The third-order valence-electron chi connectivity index (χ3n) is 5.99. The number of amides is 1. The maximum absolute atomic E-state index is 12.8. The summed E-state index contributed by atoms with van der Waals surface area (Å²) < 4.78 is 0. The van der Waals surface area contributed by atoms with Crippen molar-refractivity contribution >= 4 is 17.7 Å². The lowest BCUT2D eigenvalue weighted by atomic mass is 10.0. The minimum atomic E-state index is -0.762. The first-order valence-corrected chi connectivity index (χ1v) is 11.5. The van der Waals surface area contributed by atoms with Gasteiger partial charge in [-0.05, 0) is 26.7 Å². The van der Waals surface area contributed by atoms with Crippen molar-refractivity contribution in [3.63, 3.8) is 0 Å². The van der Waals surface area contributed by atoms with Gasteiger partial charge in [-0.1, -0.05) is 72.5 Å². The molecule has 3 aromatic rings. The number of hydrogen-bond donors (Lipinski definition) is 1. The van der Waals surface area contributed by atoms with Crippen molar-refractivity contribution in [1.29, 1.82) is 0 Å². The largest absolute Gasteiger partial charge is 0.481 e. The number of benzene rings is 2. The van der Waals surface area contributed by atoms with Crippen molar-refractivity contribution in [1.82, 2.24) is 9.97 Å². The van der Waals surface area contributed by atoms with E-state index in [9.17, 15) is 9.59 Å². The van der Waals surface area contributed by atoms with Crippen molar-refractivity contribution in [3.05, 3.63) is 65.4 Å². The fourth-order valence-electron chi connectivity index (χ4n) is 4.11. The Balaban J connectivity index is 1.63. The average molecular weight is 444 g/mol. The third kappa shape index (κ3) is 5.28. The third-order valence-corrected chi connectivity index (χ3v) is 5.99. The molecule has 4 rings (SSSR count). The summed E-state index contributed by atoms with van der Waals surface area (Å²) >= 11 is 0. The normalized spacial score (nSPS) is 12.8. The maximum Gasteiger partial charge on any atom is 0.303 e. The number of carboxylic acids is 1. The number of rotatable bonds is 9. The molecule has 2 heterocycles. The van der Waals surface area contributed by atoms with Gasteiger partial charge in [0.1, 0.15) is 0 Å². The van der Waals surface area contributed by atoms with Gasteiger partial charge in [0, 0.05) is 24.1 Å². The first-order chi connectivity index (χ1) is 15.9. The number of aromatic nitrogens is 2. The lowest BCUT2D eigenvalue weighted by Gasteiger charge is -2.18. The highest BCUT2D eigenvalue weighted by molar-refractivity contribution is 6.00. The van der Waals surface area contributed by atoms with Crippen molar-refractivity contribution in [2.75, 3.05) is 11.4 Å². The highest BCUT2D eigenvalue weighted by Crippen LogP contribution is 2.35. The smallest absolute Gasteiger partial charge is 0.303 e. The van der Waals surface area contributed by atoms with Gasteiger partial charge in [0.25, 0.3) is 0 Å². The predicted molar refractivity (Wildman–Crippen MR) is 129 cm³/mol. The zero-order chi connectivity index (χ0) is 23.4. The lowest BCUT2D eigenvalue weighted by molar-refractivity contribution is -0.137. The topological polar surface area (TPSA) is 83.4 Å². The highest BCUT2D eigenvalue weighted by Gasteiger charge is 2.31. The number of nitrogens with zero attached hydrogens (tertiary/aromatic N) is 3. The Morgan fingerprint density at radius 3 is 1.97 bits per heavy atom. The molecular weight excluding hydrogens is 414 g/mol. The van der Waals surface area contributed by atoms with Gasteiger partial charge in [0.15, 0.2) is 5.82 Å². The number of anilines is 1. The highest BCUT2D eigenvalue weighted by atomic mass is 16.4. The molecule has 33 heavy (non-hydrogen) atoms. The molecule has 0 atom stereocenters. The van der Waals surface area contributed by atoms with E-state index in [-0.39, 0.29) is 18.7 Å². The maximum atomic E-state index is 12.8. The first-order valence-electron chi connectivity index (χ1n) is 11.5. The molecule has 2 aromatic carbocycles. The number of unbranched alkanes of at least 4 members (excludes halogenated alkanes) is 3. The van der Waals surface area contributed by atoms with Gasteiger partial charge in [-0.15, -0.1) is 0 Å². The molecule has 0 saturated carbocycles. The van der Waals surface area contributed by atoms with E-state index in [1.165, 1.54) is 11.1 Å². The number of carbonyl (C=O) groups is 2. The molecule has 0 bridgehead atoms. The Hall–Kier alpha value is -3.54. The molecule has 170 valence electrons. The van der Waals surface area contributed by atoms with Crippen molar-refractivity contribution in [3.8, 4) is 22.5 Å². The Morgan fingerprint density at radius 1 is 0.848 bits per heavy atom. The molecule has 1 N–H and O–H groups in total. The van der Waals surface area contributed by atoms with Crippen LogP contribution in [-0.4, -0.2) is 33.5 Å². The second kappa shape index (κ2) is 9.94. The summed E-state index contributed by atoms with van der Waals surface area (Å²) in [6.45, 7) is 4.68. The summed E-state index contributed by atoms with van der Waals surface area (Å²) in [5, 5.41) is 8.77. The number of aliphatic carboxylic acids is 1. The van der Waals surface area contributed by atoms with E-state index < -0.39 is 5.97 Å². The van der Waals surface area contributed by atoms with Gasteiger partial charge in [0.2, 0.25) is 5.91 Å². The second-order valence-electron chi connectivity index (χ2n) is 8.70. The SMILES string of the molecule is Cc1ccc(-c2nc3c(nc2-c2ccc(C)cc2)N(CCCCCCC(=O)O)C(=O)C3)cc1. The fraction of sp³-hybridized carbons (Fsp3) is 0.333. The van der Waals surface area contributed by atoms with E-state index in [0.29, 0.717) is 18.8 Å². The van der Waals surface area contributed by atoms with Crippen LogP contribution in [0.4, 0.5) is 5.82 Å². The van der Waals surface area contributed by atoms with Crippen LogP contribution in [0.15, 0.2) is 48.5 Å². The van der Waals surface area contributed by atoms with Crippen molar-refractivity contribution < 1.29 is 14.7 Å². The Kier molecular flexibility index (Phi) is 6.82. The summed E-state index contributed by atoms with van der Waals surface area (Å²) in [5.74, 6) is -0.0923. The quantitative estimate of drug-likeness (QED) is 0.451. The van der Waals surface area contributed by atoms with Gasteiger partial charge in [0.05, 0.1) is 23.5 Å². The van der Waals surface area contributed by atoms with Gasteiger partial charge in [-0.2, -0.15) is 0 Å². The standard InChI is InChI=1S/C27H29N3O3/c1-18-8-12-20(13-9-18)25-26(21-14-10-19(2)11-15-21)29-27-22(28-25)17-23(31)30(27)16-6-4-3-5-7-24(32)33/h8-15H,3-7,16-17H2,1-2H3,(H,32,33). The number of fused-ring (bicyclic) bond motifs is 1. The van der Waals surface area contributed by atoms with Crippen LogP contribution in [0.1, 0.15) is 48.9 Å². The zero-order valence-corrected chi connectivity index (χ0v) is 19.2. The molecule has 1 aromatic heterocycles. The fourth-order valence-corrected chi connectivity index (χ4v) is 4.11. The van der Waals surface area contributed by atoms with Gasteiger partial charge in [-0.3, -0.25) is 14.5 Å². The molecule has 0 spiro atoms. The molecule has 0 fully saturated rings. The molecule has 1 aliphatic heterocycles. The Morgan fingerprint density at radius 2 is 1.39 bits per heavy atom. The summed E-state index contributed by atoms with van der Waals surface area (Å²) in [6.07, 6.45) is 3.65.